The number of oxime groups is 1. The summed E-state index contributed by atoms with van der Waals surface area (Å²) in [4.78, 5) is 16.8. The molecule has 0 bridgehead atoms. The highest BCUT2D eigenvalue weighted by Gasteiger charge is 2.18. The van der Waals surface area contributed by atoms with E-state index < -0.39 is 5.97 Å². The van der Waals surface area contributed by atoms with E-state index in [1.807, 2.05) is 0 Å². The zero-order valence-electron chi connectivity index (χ0n) is 13.1. The number of benzene rings is 2. The van der Waals surface area contributed by atoms with E-state index >= 15 is 0 Å². The Labute approximate surface area is 153 Å². The number of halogens is 2. The van der Waals surface area contributed by atoms with Gasteiger partial charge >= 0.3 is 5.97 Å². The summed E-state index contributed by atoms with van der Waals surface area (Å²) >= 11 is 12.4. The summed E-state index contributed by atoms with van der Waals surface area (Å²) in [7, 11) is 0. The molecule has 0 aliphatic carbocycles. The largest absolute Gasteiger partial charge is 0.365 e. The van der Waals surface area contributed by atoms with E-state index in [4.69, 9.17) is 32.6 Å². The van der Waals surface area contributed by atoms with Gasteiger partial charge in [-0.15, -0.1) is 0 Å². The summed E-state index contributed by atoms with van der Waals surface area (Å²) in [6.45, 7) is 1.71. The summed E-state index contributed by atoms with van der Waals surface area (Å²) in [5.74, 6) is -0.0752. The van der Waals surface area contributed by atoms with E-state index in [0.29, 0.717) is 38.2 Å². The van der Waals surface area contributed by atoms with E-state index in [0.717, 1.165) is 0 Å². The van der Waals surface area contributed by atoms with Gasteiger partial charge in [-0.2, -0.15) is 0 Å². The molecule has 0 saturated carbocycles. The quantitative estimate of drug-likeness (QED) is 0.360. The molecule has 2 aromatic carbocycles. The lowest BCUT2D eigenvalue weighted by atomic mass is 10.1. The maximum Gasteiger partial charge on any atom is 0.365 e. The second-order valence-electron chi connectivity index (χ2n) is 5.08. The first-order valence-electron chi connectivity index (χ1n) is 7.28. The van der Waals surface area contributed by atoms with Crippen LogP contribution in [0.5, 0.6) is 0 Å². The van der Waals surface area contributed by atoms with E-state index in [1.54, 1.807) is 55.5 Å². The van der Waals surface area contributed by atoms with Crippen molar-refractivity contribution < 1.29 is 14.2 Å². The molecular weight excluding hydrogens is 363 g/mol. The SMILES string of the molecule is Cc1onc(-c2c(Cl)cccc2Cl)c1/C=N\OC(=O)c1ccccc1. The van der Waals surface area contributed by atoms with Crippen LogP contribution in [0.25, 0.3) is 11.3 Å². The molecular formula is C18H12Cl2N2O3. The summed E-state index contributed by atoms with van der Waals surface area (Å²) in [6.07, 6.45) is 1.35. The molecule has 0 N–H and O–H groups in total. The molecule has 0 aliphatic heterocycles. The number of carbonyl (C=O) groups is 1. The molecule has 0 aliphatic rings. The van der Waals surface area contributed by atoms with Gasteiger partial charge in [0.25, 0.3) is 0 Å². The number of hydrogen-bond donors (Lipinski definition) is 0. The van der Waals surface area contributed by atoms with Crippen LogP contribution in [0.15, 0.2) is 58.2 Å². The van der Waals surface area contributed by atoms with Gasteiger partial charge in [0.05, 0.1) is 27.4 Å². The Morgan fingerprint density at radius 2 is 1.80 bits per heavy atom. The summed E-state index contributed by atoms with van der Waals surface area (Å²) < 4.78 is 5.20. The Morgan fingerprint density at radius 3 is 2.48 bits per heavy atom. The standard InChI is InChI=1S/C18H12Cl2N2O3/c1-11-13(10-21-25-18(23)12-6-3-2-4-7-12)17(22-24-11)16-14(19)8-5-9-15(16)20/h2-10H,1H3/b21-10-. The third kappa shape index (κ3) is 3.73. The van der Waals surface area contributed by atoms with E-state index in [9.17, 15) is 4.79 Å². The minimum absolute atomic E-state index is 0.399. The molecule has 3 aromatic rings. The molecule has 25 heavy (non-hydrogen) atoms. The lowest BCUT2D eigenvalue weighted by molar-refractivity contribution is 0.0519. The highest BCUT2D eigenvalue weighted by atomic mass is 35.5. The van der Waals surface area contributed by atoms with Gasteiger partial charge in [-0.1, -0.05) is 57.8 Å². The molecule has 1 heterocycles. The number of aryl methyl sites for hydroxylation is 1. The van der Waals surface area contributed by atoms with E-state index in [2.05, 4.69) is 10.3 Å². The zero-order valence-corrected chi connectivity index (χ0v) is 14.6. The third-order valence-electron chi connectivity index (χ3n) is 3.43. The molecule has 7 heteroatoms. The van der Waals surface area contributed by atoms with Crippen LogP contribution in [-0.2, 0) is 4.84 Å². The smallest absolute Gasteiger partial charge is 0.360 e. The Morgan fingerprint density at radius 1 is 1.12 bits per heavy atom. The molecule has 3 rings (SSSR count). The number of hydrogen-bond acceptors (Lipinski definition) is 5. The molecule has 1 aromatic heterocycles. The zero-order chi connectivity index (χ0) is 17.8. The monoisotopic (exact) mass is 374 g/mol. The van der Waals surface area contributed by atoms with Crippen LogP contribution in [0, 0.1) is 6.92 Å². The van der Waals surface area contributed by atoms with E-state index in [1.165, 1.54) is 6.21 Å². The second kappa shape index (κ2) is 7.51. The first-order valence-corrected chi connectivity index (χ1v) is 8.04. The van der Waals surface area contributed by atoms with Crippen LogP contribution >= 0.6 is 23.2 Å². The van der Waals surface area contributed by atoms with Crippen molar-refractivity contribution in [3.05, 3.63) is 75.5 Å². The molecule has 126 valence electrons. The minimum Gasteiger partial charge on any atom is -0.360 e. The maximum absolute atomic E-state index is 11.9. The first kappa shape index (κ1) is 17.2. The van der Waals surface area contributed by atoms with Crippen molar-refractivity contribution in [2.75, 3.05) is 0 Å². The Balaban J connectivity index is 1.87. The summed E-state index contributed by atoms with van der Waals surface area (Å²) in [5, 5.41) is 8.58. The molecule has 0 unspecified atom stereocenters. The Hall–Kier alpha value is -2.63. The molecule has 0 spiro atoms. The van der Waals surface area contributed by atoms with Crippen LogP contribution in [0.3, 0.4) is 0 Å². The molecule has 0 radical (unpaired) electrons. The van der Waals surface area contributed by atoms with Crippen molar-refractivity contribution in [2.24, 2.45) is 5.16 Å². The van der Waals surface area contributed by atoms with Gasteiger partial charge < -0.3 is 9.36 Å². The van der Waals surface area contributed by atoms with Crippen molar-refractivity contribution in [1.29, 1.82) is 0 Å². The van der Waals surface area contributed by atoms with Crippen LogP contribution in [0.2, 0.25) is 10.0 Å². The molecule has 5 nitrogen and oxygen atoms in total. The number of aromatic nitrogens is 1. The summed E-state index contributed by atoms with van der Waals surface area (Å²) in [6, 6.07) is 13.7. The predicted octanol–water partition coefficient (Wildman–Crippen LogP) is 5.15. The van der Waals surface area contributed by atoms with Crippen molar-refractivity contribution in [3.63, 3.8) is 0 Å². The van der Waals surface area contributed by atoms with Crippen LogP contribution in [0.4, 0.5) is 0 Å². The Kier molecular flexibility index (Phi) is 5.16. The fourth-order valence-electron chi connectivity index (χ4n) is 2.19. The first-order chi connectivity index (χ1) is 12.1. The highest BCUT2D eigenvalue weighted by Crippen LogP contribution is 2.36. The van der Waals surface area contributed by atoms with Gasteiger partial charge in [0.1, 0.15) is 11.5 Å². The van der Waals surface area contributed by atoms with Gasteiger partial charge in [-0.05, 0) is 31.2 Å². The fraction of sp³-hybridized carbons (Fsp3) is 0.0556. The van der Waals surface area contributed by atoms with Crippen molar-refractivity contribution in [3.8, 4) is 11.3 Å². The summed E-state index contributed by atoms with van der Waals surface area (Å²) in [5.41, 5.74) is 1.87. The molecule has 0 fully saturated rings. The Bertz CT molecular complexity index is 916. The minimum atomic E-state index is -0.566. The number of nitrogens with zero attached hydrogens (tertiary/aromatic N) is 2. The van der Waals surface area contributed by atoms with Gasteiger partial charge in [0.15, 0.2) is 0 Å². The average Bonchev–Trinajstić information content (AvgIpc) is 2.96. The molecule has 0 amide bonds. The van der Waals surface area contributed by atoms with Gasteiger partial charge in [0, 0.05) is 5.56 Å². The number of rotatable bonds is 4. The van der Waals surface area contributed by atoms with Crippen molar-refractivity contribution in [1.82, 2.24) is 5.16 Å². The topological polar surface area (TPSA) is 64.7 Å². The lowest BCUT2D eigenvalue weighted by Crippen LogP contribution is -2.00. The van der Waals surface area contributed by atoms with Crippen LogP contribution in [-0.4, -0.2) is 17.3 Å². The van der Waals surface area contributed by atoms with Crippen molar-refractivity contribution in [2.45, 2.75) is 6.92 Å². The van der Waals surface area contributed by atoms with Gasteiger partial charge in [0.2, 0.25) is 0 Å². The van der Waals surface area contributed by atoms with Crippen molar-refractivity contribution >= 4 is 35.4 Å². The second-order valence-corrected chi connectivity index (χ2v) is 5.89. The predicted molar refractivity (Wildman–Crippen MR) is 96.1 cm³/mol. The van der Waals surface area contributed by atoms with Gasteiger partial charge in [-0.25, -0.2) is 4.79 Å². The molecule has 0 saturated heterocycles. The van der Waals surface area contributed by atoms with Gasteiger partial charge in [-0.3, -0.25) is 0 Å². The lowest BCUT2D eigenvalue weighted by Gasteiger charge is -2.04. The molecule has 0 atom stereocenters. The van der Waals surface area contributed by atoms with E-state index in [-0.39, 0.29) is 0 Å². The van der Waals surface area contributed by atoms with Crippen LogP contribution in [0.1, 0.15) is 21.7 Å². The normalized spacial score (nSPS) is 11.0. The third-order valence-corrected chi connectivity index (χ3v) is 4.06. The van der Waals surface area contributed by atoms with Crippen LogP contribution < -0.4 is 0 Å². The number of carbonyl (C=O) groups excluding carboxylic acids is 1. The highest BCUT2D eigenvalue weighted by molar-refractivity contribution is 6.39. The average molecular weight is 375 g/mol. The fourth-order valence-corrected chi connectivity index (χ4v) is 2.77. The maximum atomic E-state index is 11.9.